The third-order valence-corrected chi connectivity index (χ3v) is 7.25. The SMILES string of the molecule is CCCCN(C(=O)CN1C[C@H](c2ccc(OC)cc2)[C@@H](C(=O)O)[C@@H]1CC)c1cccc(C[N+](C)(C)C)c1. The molecule has 0 spiro atoms. The number of carbonyl (C=O) groups excluding carboxylic acids is 1. The number of carboxylic acid groups (broad SMARTS) is 1. The minimum absolute atomic E-state index is 0.0221. The minimum atomic E-state index is -0.807. The van der Waals surface area contributed by atoms with Crippen molar-refractivity contribution in [3.63, 3.8) is 0 Å². The standard InChI is InChI=1S/C30H43N3O4/c1-7-9-17-32(24-12-10-11-22(18-24)21-33(3,4)5)28(34)20-31-19-26(29(30(35)36)27(31)8-2)23-13-15-25(37-6)16-14-23/h10-16,18,26-27,29H,7-9,17,19-21H2,1-6H3/p+1/t26-,27+,29-/m1/s1. The number of carboxylic acids is 1. The summed E-state index contributed by atoms with van der Waals surface area (Å²) in [6.45, 7) is 6.41. The molecule has 0 radical (unpaired) electrons. The van der Waals surface area contributed by atoms with Crippen molar-refractivity contribution < 1.29 is 23.9 Å². The van der Waals surface area contributed by atoms with E-state index >= 15 is 0 Å². The Morgan fingerprint density at radius 3 is 2.38 bits per heavy atom. The number of rotatable bonds is 12. The summed E-state index contributed by atoms with van der Waals surface area (Å²) < 4.78 is 6.09. The number of methoxy groups -OCH3 is 1. The summed E-state index contributed by atoms with van der Waals surface area (Å²) >= 11 is 0. The summed E-state index contributed by atoms with van der Waals surface area (Å²) in [7, 11) is 8.09. The van der Waals surface area contributed by atoms with Gasteiger partial charge in [0, 0.05) is 36.3 Å². The predicted octanol–water partition coefficient (Wildman–Crippen LogP) is 4.61. The molecule has 1 heterocycles. The first-order valence-electron chi connectivity index (χ1n) is 13.4. The smallest absolute Gasteiger partial charge is 0.308 e. The van der Waals surface area contributed by atoms with Gasteiger partial charge >= 0.3 is 5.97 Å². The van der Waals surface area contributed by atoms with Crippen LogP contribution in [-0.2, 0) is 16.1 Å². The highest BCUT2D eigenvalue weighted by molar-refractivity contribution is 5.95. The van der Waals surface area contributed by atoms with E-state index in [1.807, 2.05) is 48.2 Å². The monoisotopic (exact) mass is 510 g/mol. The van der Waals surface area contributed by atoms with E-state index in [0.717, 1.165) is 40.9 Å². The Morgan fingerprint density at radius 1 is 1.11 bits per heavy atom. The maximum Gasteiger partial charge on any atom is 0.308 e. The largest absolute Gasteiger partial charge is 0.497 e. The van der Waals surface area contributed by atoms with E-state index in [-0.39, 0.29) is 24.4 Å². The molecule has 1 amide bonds. The van der Waals surface area contributed by atoms with E-state index in [4.69, 9.17) is 4.74 Å². The van der Waals surface area contributed by atoms with E-state index in [0.29, 0.717) is 19.5 Å². The van der Waals surface area contributed by atoms with Gasteiger partial charge in [0.1, 0.15) is 12.3 Å². The number of likely N-dealkylation sites (tertiary alicyclic amines) is 1. The topological polar surface area (TPSA) is 70.1 Å². The molecular formula is C30H44N3O4+. The van der Waals surface area contributed by atoms with E-state index in [1.54, 1.807) is 7.11 Å². The molecule has 2 aromatic carbocycles. The highest BCUT2D eigenvalue weighted by Gasteiger charge is 2.46. The molecule has 7 heteroatoms. The number of carbonyl (C=O) groups is 2. The van der Waals surface area contributed by atoms with Crippen LogP contribution in [0.2, 0.25) is 0 Å². The van der Waals surface area contributed by atoms with Gasteiger partial charge in [-0.3, -0.25) is 14.5 Å². The van der Waals surface area contributed by atoms with Crippen LogP contribution in [0.1, 0.15) is 50.2 Å². The van der Waals surface area contributed by atoms with Crippen LogP contribution in [-0.4, -0.2) is 80.3 Å². The molecule has 7 nitrogen and oxygen atoms in total. The molecule has 1 fully saturated rings. The van der Waals surface area contributed by atoms with Crippen molar-refractivity contribution in [2.24, 2.45) is 5.92 Å². The van der Waals surface area contributed by atoms with Gasteiger partial charge in [-0.25, -0.2) is 0 Å². The number of nitrogens with zero attached hydrogens (tertiary/aromatic N) is 3. The van der Waals surface area contributed by atoms with Crippen LogP contribution in [0.3, 0.4) is 0 Å². The Labute approximate surface area is 222 Å². The predicted molar refractivity (Wildman–Crippen MR) is 148 cm³/mol. The highest BCUT2D eigenvalue weighted by Crippen LogP contribution is 2.39. The van der Waals surface area contributed by atoms with Gasteiger partial charge in [-0.05, 0) is 42.7 Å². The number of quaternary nitrogens is 1. The highest BCUT2D eigenvalue weighted by atomic mass is 16.5. The fourth-order valence-corrected chi connectivity index (χ4v) is 5.53. The molecule has 3 rings (SSSR count). The molecule has 202 valence electrons. The number of anilines is 1. The fourth-order valence-electron chi connectivity index (χ4n) is 5.53. The average molecular weight is 511 g/mol. The summed E-state index contributed by atoms with van der Waals surface area (Å²) in [5.74, 6) is -0.791. The number of benzene rings is 2. The van der Waals surface area contributed by atoms with Gasteiger partial charge in [0.05, 0.1) is 40.7 Å². The van der Waals surface area contributed by atoms with Crippen molar-refractivity contribution in [1.29, 1.82) is 0 Å². The van der Waals surface area contributed by atoms with Gasteiger partial charge < -0.3 is 19.2 Å². The molecule has 1 N–H and O–H groups in total. The molecule has 1 aliphatic rings. The summed E-state index contributed by atoms with van der Waals surface area (Å²) in [6, 6.07) is 15.7. The second kappa shape index (κ2) is 12.6. The zero-order valence-corrected chi connectivity index (χ0v) is 23.3. The fraction of sp³-hybridized carbons (Fsp3) is 0.533. The maximum absolute atomic E-state index is 13.8. The van der Waals surface area contributed by atoms with Crippen LogP contribution in [0.15, 0.2) is 48.5 Å². The quantitative estimate of drug-likeness (QED) is 0.422. The van der Waals surface area contributed by atoms with Gasteiger partial charge in [-0.1, -0.05) is 44.5 Å². The van der Waals surface area contributed by atoms with Crippen LogP contribution in [0.4, 0.5) is 5.69 Å². The van der Waals surface area contributed by atoms with Gasteiger partial charge in [0.25, 0.3) is 0 Å². The lowest BCUT2D eigenvalue weighted by Crippen LogP contribution is -2.44. The number of hydrogen-bond acceptors (Lipinski definition) is 4. The Balaban J connectivity index is 1.86. The lowest BCUT2D eigenvalue weighted by molar-refractivity contribution is -0.884. The number of amides is 1. The van der Waals surface area contributed by atoms with Crippen molar-refractivity contribution in [1.82, 2.24) is 4.90 Å². The minimum Gasteiger partial charge on any atom is -0.497 e. The van der Waals surface area contributed by atoms with E-state index in [2.05, 4.69) is 45.1 Å². The molecule has 1 aliphatic heterocycles. The summed E-state index contributed by atoms with van der Waals surface area (Å²) in [5, 5.41) is 10.2. The van der Waals surface area contributed by atoms with Crippen molar-refractivity contribution in [3.8, 4) is 5.75 Å². The van der Waals surface area contributed by atoms with E-state index < -0.39 is 11.9 Å². The summed E-state index contributed by atoms with van der Waals surface area (Å²) in [5.41, 5.74) is 3.08. The lowest BCUT2D eigenvalue weighted by atomic mass is 9.84. The van der Waals surface area contributed by atoms with Crippen LogP contribution < -0.4 is 9.64 Å². The first-order valence-corrected chi connectivity index (χ1v) is 13.4. The third kappa shape index (κ3) is 7.33. The van der Waals surface area contributed by atoms with Crippen LogP contribution in [0.25, 0.3) is 0 Å². The Bertz CT molecular complexity index is 1050. The molecule has 37 heavy (non-hydrogen) atoms. The van der Waals surface area contributed by atoms with Crippen LogP contribution in [0, 0.1) is 5.92 Å². The lowest BCUT2D eigenvalue weighted by Gasteiger charge is -2.30. The summed E-state index contributed by atoms with van der Waals surface area (Å²) in [4.78, 5) is 30.2. The van der Waals surface area contributed by atoms with Gasteiger partial charge in [-0.15, -0.1) is 0 Å². The Morgan fingerprint density at radius 2 is 1.81 bits per heavy atom. The van der Waals surface area contributed by atoms with Gasteiger partial charge in [0.15, 0.2) is 0 Å². The van der Waals surface area contributed by atoms with Crippen LogP contribution >= 0.6 is 0 Å². The first kappa shape index (κ1) is 28.7. The van der Waals surface area contributed by atoms with E-state index in [1.165, 1.54) is 5.56 Å². The Hall–Kier alpha value is -2.90. The number of hydrogen-bond donors (Lipinski definition) is 1. The summed E-state index contributed by atoms with van der Waals surface area (Å²) in [6.07, 6.45) is 2.57. The molecule has 0 unspecified atom stereocenters. The molecule has 0 bridgehead atoms. The second-order valence-electron chi connectivity index (χ2n) is 11.2. The zero-order chi connectivity index (χ0) is 27.2. The zero-order valence-electron chi connectivity index (χ0n) is 23.3. The van der Waals surface area contributed by atoms with Crippen molar-refractivity contribution in [2.75, 3.05) is 52.8 Å². The molecule has 0 aromatic heterocycles. The number of ether oxygens (including phenoxy) is 1. The van der Waals surface area contributed by atoms with Crippen molar-refractivity contribution in [3.05, 3.63) is 59.7 Å². The first-order chi connectivity index (χ1) is 17.6. The molecular weight excluding hydrogens is 466 g/mol. The van der Waals surface area contributed by atoms with Gasteiger partial charge in [-0.2, -0.15) is 0 Å². The molecule has 3 atom stereocenters. The average Bonchev–Trinajstić information content (AvgIpc) is 3.22. The Kier molecular flexibility index (Phi) is 9.74. The number of aliphatic carboxylic acids is 1. The van der Waals surface area contributed by atoms with Crippen molar-refractivity contribution in [2.45, 2.75) is 51.6 Å². The molecule has 2 aromatic rings. The maximum atomic E-state index is 13.8. The van der Waals surface area contributed by atoms with Gasteiger partial charge in [0.2, 0.25) is 5.91 Å². The number of unbranched alkanes of at least 4 members (excludes halogenated alkanes) is 1. The van der Waals surface area contributed by atoms with Crippen molar-refractivity contribution >= 4 is 17.6 Å². The molecule has 0 aliphatic carbocycles. The molecule has 0 saturated carbocycles. The van der Waals surface area contributed by atoms with E-state index in [9.17, 15) is 14.7 Å². The third-order valence-electron chi connectivity index (χ3n) is 7.25. The normalized spacial score (nSPS) is 20.1. The second-order valence-corrected chi connectivity index (χ2v) is 11.2. The van der Waals surface area contributed by atoms with Crippen LogP contribution in [0.5, 0.6) is 5.75 Å². The molecule has 1 saturated heterocycles.